The molecule has 278 valence electrons. The maximum Gasteiger partial charge on any atom is 0.231 e. The summed E-state index contributed by atoms with van der Waals surface area (Å²) in [4.78, 5) is 40.5. The van der Waals surface area contributed by atoms with E-state index in [2.05, 4.69) is 51.8 Å². The number of nitriles is 2. The topological polar surface area (TPSA) is 170 Å². The van der Waals surface area contributed by atoms with E-state index in [1.807, 2.05) is 36.4 Å². The van der Waals surface area contributed by atoms with Gasteiger partial charge in [0, 0.05) is 58.2 Å². The third-order valence-corrected chi connectivity index (χ3v) is 9.93. The maximum atomic E-state index is 11.8. The van der Waals surface area contributed by atoms with E-state index in [0.717, 1.165) is 0 Å². The van der Waals surface area contributed by atoms with Gasteiger partial charge in [-0.3, -0.25) is 19.6 Å². The first kappa shape index (κ1) is 39.8. The Morgan fingerprint density at radius 2 is 1.00 bits per heavy atom. The predicted molar refractivity (Wildman–Crippen MR) is 212 cm³/mol. The summed E-state index contributed by atoms with van der Waals surface area (Å²) >= 11 is 20.7. The zero-order valence-electron chi connectivity index (χ0n) is 28.7. The Hall–Kier alpha value is -5.90. The number of rotatable bonds is 15. The van der Waals surface area contributed by atoms with Gasteiger partial charge >= 0.3 is 0 Å². The summed E-state index contributed by atoms with van der Waals surface area (Å²) < 4.78 is 24.6. The number of aromatic nitrogens is 4. The fraction of sp³-hybridized carbons (Fsp3) is 0.100. The number of ether oxygens (including phenoxy) is 4. The third kappa shape index (κ3) is 9.48. The molecular weight excluding hydrogens is 891 g/mol. The molecule has 0 aliphatic rings. The Balaban J connectivity index is 1.16. The summed E-state index contributed by atoms with van der Waals surface area (Å²) in [5.74, 6) is 0.397. The van der Waals surface area contributed by atoms with Crippen molar-refractivity contribution in [3.05, 3.63) is 149 Å². The molecule has 0 radical (unpaired) electrons. The largest absolute Gasteiger partial charge is 0.472 e. The van der Waals surface area contributed by atoms with E-state index in [9.17, 15) is 9.59 Å². The second-order valence-electron chi connectivity index (χ2n) is 11.7. The van der Waals surface area contributed by atoms with Gasteiger partial charge in [0.2, 0.25) is 23.5 Å². The molecule has 4 heterocycles. The molecule has 12 nitrogen and oxygen atoms in total. The second-order valence-corrected chi connectivity index (χ2v) is 14.1. The van der Waals surface area contributed by atoms with E-state index in [4.69, 9.17) is 52.7 Å². The highest BCUT2D eigenvalue weighted by Crippen LogP contribution is 2.38. The van der Waals surface area contributed by atoms with Crippen molar-refractivity contribution in [3.63, 3.8) is 0 Å². The average molecular weight is 915 g/mol. The van der Waals surface area contributed by atoms with Gasteiger partial charge < -0.3 is 18.9 Å². The van der Waals surface area contributed by atoms with Crippen LogP contribution in [0, 0.1) is 22.7 Å². The monoisotopic (exact) mass is 912 g/mol. The third-order valence-electron chi connectivity index (χ3n) is 7.90. The number of pyridine rings is 4. The SMILES string of the molecule is N#Cc1cncc(COc2nc(OCc3cccc(-c4cccc(COc5nc(OCc6cncc(C#N)c6)c(C=O)cc5Br)c4Cl)c3Cl)c(Br)cc2C=O)c1. The van der Waals surface area contributed by atoms with Crippen LogP contribution in [-0.2, 0) is 26.4 Å². The number of hydrogen-bond donors (Lipinski definition) is 0. The molecule has 0 amide bonds. The zero-order chi connectivity index (χ0) is 39.6. The standard InChI is InChI=1S/C40H24Br2Cl2N6O6/c41-33-9-29(17-51)37(53-19-25-7-23(11-45)13-47-15-25)49-39(33)55-21-27-3-1-5-31(35(27)43)32-6-2-4-28(36(32)44)22-56-40-34(42)10-30(18-52)38(50-40)54-20-26-8-24(12-46)14-48-16-26/h1-10,13-18H,19-22H2. The Morgan fingerprint density at radius 1 is 0.589 bits per heavy atom. The fourth-order valence-corrected chi connectivity index (χ4v) is 6.66. The van der Waals surface area contributed by atoms with Crippen LogP contribution in [0.3, 0.4) is 0 Å². The Morgan fingerprint density at radius 3 is 1.39 bits per heavy atom. The quantitative estimate of drug-likeness (QED) is 0.0896. The summed E-state index contributed by atoms with van der Waals surface area (Å²) in [7, 11) is 0. The van der Waals surface area contributed by atoms with Crippen LogP contribution in [0.1, 0.15) is 54.1 Å². The van der Waals surface area contributed by atoms with Crippen LogP contribution in [-0.4, -0.2) is 32.5 Å². The van der Waals surface area contributed by atoms with Crippen molar-refractivity contribution in [1.82, 2.24) is 19.9 Å². The predicted octanol–water partition coefficient (Wildman–Crippen LogP) is 9.45. The van der Waals surface area contributed by atoms with Gasteiger partial charge in [0.15, 0.2) is 12.6 Å². The molecule has 0 saturated heterocycles. The highest BCUT2D eigenvalue weighted by molar-refractivity contribution is 9.10. The van der Waals surface area contributed by atoms with E-state index >= 15 is 0 Å². The highest BCUT2D eigenvalue weighted by atomic mass is 79.9. The van der Waals surface area contributed by atoms with Gasteiger partial charge in [-0.05, 0) is 56.1 Å². The summed E-state index contributed by atoms with van der Waals surface area (Å²) in [5.41, 5.74) is 4.91. The molecule has 4 aromatic heterocycles. The number of benzene rings is 2. The molecule has 0 aliphatic heterocycles. The van der Waals surface area contributed by atoms with Crippen LogP contribution in [0.2, 0.25) is 10.0 Å². The summed E-state index contributed by atoms with van der Waals surface area (Å²) in [5, 5.41) is 19.1. The molecule has 0 aliphatic carbocycles. The molecule has 0 bridgehead atoms. The average Bonchev–Trinajstić information content (AvgIpc) is 3.22. The summed E-state index contributed by atoms with van der Waals surface area (Å²) in [6, 6.07) is 21.3. The van der Waals surface area contributed by atoms with Gasteiger partial charge in [-0.2, -0.15) is 20.5 Å². The van der Waals surface area contributed by atoms with Crippen molar-refractivity contribution in [1.29, 1.82) is 10.5 Å². The first-order valence-corrected chi connectivity index (χ1v) is 18.6. The zero-order valence-corrected chi connectivity index (χ0v) is 33.4. The highest BCUT2D eigenvalue weighted by Gasteiger charge is 2.19. The molecule has 0 unspecified atom stereocenters. The molecule has 0 fully saturated rings. The van der Waals surface area contributed by atoms with E-state index in [0.29, 0.717) is 76.1 Å². The lowest BCUT2D eigenvalue weighted by molar-refractivity contribution is 0.111. The van der Waals surface area contributed by atoms with E-state index in [1.165, 1.54) is 24.5 Å². The van der Waals surface area contributed by atoms with Crippen molar-refractivity contribution in [2.75, 3.05) is 0 Å². The number of aldehydes is 2. The Bertz CT molecular complexity index is 2370. The van der Waals surface area contributed by atoms with Crippen molar-refractivity contribution in [3.8, 4) is 46.8 Å². The smallest absolute Gasteiger partial charge is 0.231 e. The van der Waals surface area contributed by atoms with E-state index in [-0.39, 0.29) is 61.1 Å². The molecular formula is C40H24Br2Cl2N6O6. The van der Waals surface area contributed by atoms with Gasteiger partial charge in [0.1, 0.15) is 38.6 Å². The number of nitrogens with zero attached hydrogens (tertiary/aromatic N) is 6. The van der Waals surface area contributed by atoms with Gasteiger partial charge in [0.25, 0.3) is 0 Å². The maximum absolute atomic E-state index is 11.8. The van der Waals surface area contributed by atoms with Gasteiger partial charge in [0.05, 0.1) is 41.2 Å². The van der Waals surface area contributed by atoms with Crippen LogP contribution in [0.5, 0.6) is 23.5 Å². The van der Waals surface area contributed by atoms with Crippen LogP contribution in [0.15, 0.2) is 94.4 Å². The van der Waals surface area contributed by atoms with Gasteiger partial charge in [-0.1, -0.05) is 59.6 Å². The van der Waals surface area contributed by atoms with Crippen LogP contribution in [0.25, 0.3) is 11.1 Å². The van der Waals surface area contributed by atoms with Crippen LogP contribution < -0.4 is 18.9 Å². The van der Waals surface area contributed by atoms with Crippen molar-refractivity contribution in [2.45, 2.75) is 26.4 Å². The van der Waals surface area contributed by atoms with Gasteiger partial charge in [-0.15, -0.1) is 0 Å². The normalized spacial score (nSPS) is 10.5. The molecule has 56 heavy (non-hydrogen) atoms. The lowest BCUT2D eigenvalue weighted by Crippen LogP contribution is -2.05. The summed E-state index contributed by atoms with van der Waals surface area (Å²) in [6.07, 6.45) is 7.22. The lowest BCUT2D eigenvalue weighted by atomic mass is 10.0. The minimum atomic E-state index is 0.00780. The molecule has 0 saturated carbocycles. The molecule has 0 N–H and O–H groups in total. The van der Waals surface area contributed by atoms with Crippen LogP contribution >= 0.6 is 55.1 Å². The molecule has 2 aromatic carbocycles. The van der Waals surface area contributed by atoms with Gasteiger partial charge in [-0.25, -0.2) is 0 Å². The second kappa shape index (κ2) is 18.6. The van der Waals surface area contributed by atoms with Crippen molar-refractivity contribution < 1.29 is 28.5 Å². The first-order valence-electron chi connectivity index (χ1n) is 16.3. The number of hydrogen-bond acceptors (Lipinski definition) is 12. The Labute approximate surface area is 346 Å². The molecule has 6 aromatic rings. The van der Waals surface area contributed by atoms with E-state index < -0.39 is 0 Å². The molecule has 0 atom stereocenters. The van der Waals surface area contributed by atoms with Crippen molar-refractivity contribution in [2.24, 2.45) is 0 Å². The molecule has 0 spiro atoms. The summed E-state index contributed by atoms with van der Waals surface area (Å²) in [6.45, 7) is 0.0520. The minimum Gasteiger partial charge on any atom is -0.472 e. The van der Waals surface area contributed by atoms with Crippen LogP contribution in [0.4, 0.5) is 0 Å². The lowest BCUT2D eigenvalue weighted by Gasteiger charge is -2.16. The fourth-order valence-electron chi connectivity index (χ4n) is 5.19. The molecule has 6 rings (SSSR count). The molecule has 16 heteroatoms. The first-order chi connectivity index (χ1) is 27.2. The Kier molecular flexibility index (Phi) is 13.2. The number of halogens is 4. The van der Waals surface area contributed by atoms with E-state index in [1.54, 1.807) is 36.7 Å². The number of carbonyl (C=O) groups is 2. The van der Waals surface area contributed by atoms with Crippen molar-refractivity contribution >= 4 is 67.6 Å². The minimum absolute atomic E-state index is 0.00780. The number of carbonyl (C=O) groups excluding carboxylic acids is 2.